The molecular weight excluding hydrogens is 422 g/mol. The lowest BCUT2D eigenvalue weighted by molar-refractivity contribution is 0.667. The SMILES string of the molecule is Cc1ccc(CNc2nc3ccccc3c3nc(CCn4c(C)nc5ccccc54)nn23)cc1. The van der Waals surface area contributed by atoms with E-state index in [0.717, 1.165) is 45.8 Å². The van der Waals surface area contributed by atoms with Crippen LogP contribution in [0.1, 0.15) is 22.8 Å². The maximum atomic E-state index is 4.92. The van der Waals surface area contributed by atoms with E-state index in [1.807, 2.05) is 53.9 Å². The predicted molar refractivity (Wildman–Crippen MR) is 135 cm³/mol. The summed E-state index contributed by atoms with van der Waals surface area (Å²) in [6, 6.07) is 24.8. The molecule has 6 aromatic rings. The summed E-state index contributed by atoms with van der Waals surface area (Å²) in [5, 5.41) is 9.30. The minimum absolute atomic E-state index is 0.663. The molecule has 0 saturated carbocycles. The topological polar surface area (TPSA) is 72.9 Å². The van der Waals surface area contributed by atoms with E-state index < -0.39 is 0 Å². The highest BCUT2D eigenvalue weighted by molar-refractivity contribution is 5.92. The fourth-order valence-corrected chi connectivity index (χ4v) is 4.40. The highest BCUT2D eigenvalue weighted by Crippen LogP contribution is 2.22. The third-order valence-corrected chi connectivity index (χ3v) is 6.20. The first kappa shape index (κ1) is 20.4. The molecule has 0 radical (unpaired) electrons. The number of imidazole rings is 1. The van der Waals surface area contributed by atoms with Crippen molar-refractivity contribution in [3.8, 4) is 0 Å². The average Bonchev–Trinajstić information content (AvgIpc) is 3.43. The van der Waals surface area contributed by atoms with Gasteiger partial charge in [-0.2, -0.15) is 4.52 Å². The predicted octanol–water partition coefficient (Wildman–Crippen LogP) is 5.10. The van der Waals surface area contributed by atoms with Crippen LogP contribution in [0.4, 0.5) is 5.95 Å². The Morgan fingerprint density at radius 3 is 2.41 bits per heavy atom. The van der Waals surface area contributed by atoms with Crippen LogP contribution in [0.25, 0.3) is 27.6 Å². The lowest BCUT2D eigenvalue weighted by atomic mass is 10.1. The summed E-state index contributed by atoms with van der Waals surface area (Å²) >= 11 is 0. The molecule has 0 unspecified atom stereocenters. The van der Waals surface area contributed by atoms with E-state index in [1.165, 1.54) is 11.1 Å². The number of nitrogens with zero attached hydrogens (tertiary/aromatic N) is 6. The fraction of sp³-hybridized carbons (Fsp3) is 0.185. The lowest BCUT2D eigenvalue weighted by Gasteiger charge is -2.09. The lowest BCUT2D eigenvalue weighted by Crippen LogP contribution is -2.08. The number of hydrogen-bond donors (Lipinski definition) is 1. The monoisotopic (exact) mass is 447 g/mol. The molecule has 3 aromatic heterocycles. The second kappa shape index (κ2) is 8.26. The van der Waals surface area contributed by atoms with Gasteiger partial charge in [-0.25, -0.2) is 15.0 Å². The summed E-state index contributed by atoms with van der Waals surface area (Å²) in [4.78, 5) is 14.4. The van der Waals surface area contributed by atoms with Gasteiger partial charge >= 0.3 is 0 Å². The maximum Gasteiger partial charge on any atom is 0.226 e. The van der Waals surface area contributed by atoms with Crippen LogP contribution in [-0.4, -0.2) is 29.1 Å². The molecule has 0 fully saturated rings. The molecule has 0 bridgehead atoms. The Kier molecular flexibility index (Phi) is 4.95. The number of rotatable bonds is 6. The van der Waals surface area contributed by atoms with Gasteiger partial charge in [-0.3, -0.25) is 0 Å². The second-order valence-corrected chi connectivity index (χ2v) is 8.60. The van der Waals surface area contributed by atoms with Gasteiger partial charge in [0.2, 0.25) is 5.95 Å². The summed E-state index contributed by atoms with van der Waals surface area (Å²) in [5.41, 5.74) is 6.31. The Labute approximate surface area is 197 Å². The van der Waals surface area contributed by atoms with E-state index in [4.69, 9.17) is 15.1 Å². The molecule has 0 aliphatic rings. The van der Waals surface area contributed by atoms with Gasteiger partial charge in [0, 0.05) is 24.9 Å². The Morgan fingerprint density at radius 2 is 1.56 bits per heavy atom. The van der Waals surface area contributed by atoms with E-state index in [1.54, 1.807) is 0 Å². The minimum Gasteiger partial charge on any atom is -0.350 e. The van der Waals surface area contributed by atoms with Crippen LogP contribution in [0.2, 0.25) is 0 Å². The smallest absolute Gasteiger partial charge is 0.226 e. The molecule has 0 aliphatic heterocycles. The number of aromatic nitrogens is 6. The molecule has 7 heteroatoms. The van der Waals surface area contributed by atoms with E-state index in [2.05, 4.69) is 52.1 Å². The maximum absolute atomic E-state index is 4.92. The van der Waals surface area contributed by atoms with Crippen molar-refractivity contribution in [1.82, 2.24) is 29.1 Å². The van der Waals surface area contributed by atoms with Gasteiger partial charge < -0.3 is 9.88 Å². The van der Waals surface area contributed by atoms with Crippen LogP contribution in [0.5, 0.6) is 0 Å². The van der Waals surface area contributed by atoms with Crippen LogP contribution < -0.4 is 5.32 Å². The molecule has 0 amide bonds. The van der Waals surface area contributed by atoms with Gasteiger partial charge in [0.25, 0.3) is 0 Å². The van der Waals surface area contributed by atoms with Gasteiger partial charge in [-0.1, -0.05) is 54.1 Å². The van der Waals surface area contributed by atoms with E-state index in [0.29, 0.717) is 18.9 Å². The van der Waals surface area contributed by atoms with Crippen molar-refractivity contribution in [3.05, 3.63) is 95.6 Å². The molecule has 7 nitrogen and oxygen atoms in total. The third-order valence-electron chi connectivity index (χ3n) is 6.20. The van der Waals surface area contributed by atoms with Crippen molar-refractivity contribution < 1.29 is 0 Å². The van der Waals surface area contributed by atoms with Gasteiger partial charge in [-0.15, -0.1) is 5.10 Å². The van der Waals surface area contributed by atoms with E-state index in [9.17, 15) is 0 Å². The van der Waals surface area contributed by atoms with E-state index in [-0.39, 0.29) is 0 Å². The first-order chi connectivity index (χ1) is 16.7. The molecule has 0 atom stereocenters. The van der Waals surface area contributed by atoms with Crippen molar-refractivity contribution in [3.63, 3.8) is 0 Å². The van der Waals surface area contributed by atoms with Crippen LogP contribution in [0.15, 0.2) is 72.8 Å². The molecule has 0 saturated heterocycles. The molecule has 3 aromatic carbocycles. The number of aryl methyl sites for hydroxylation is 4. The summed E-state index contributed by atoms with van der Waals surface area (Å²) in [7, 11) is 0. The van der Waals surface area contributed by atoms with Crippen LogP contribution in [0.3, 0.4) is 0 Å². The number of fused-ring (bicyclic) bond motifs is 4. The molecule has 6 rings (SSSR count). The Morgan fingerprint density at radius 1 is 0.794 bits per heavy atom. The zero-order chi connectivity index (χ0) is 23.1. The van der Waals surface area contributed by atoms with E-state index >= 15 is 0 Å². The molecule has 3 heterocycles. The first-order valence-corrected chi connectivity index (χ1v) is 11.5. The zero-order valence-electron chi connectivity index (χ0n) is 19.2. The van der Waals surface area contributed by atoms with Crippen molar-refractivity contribution in [2.24, 2.45) is 0 Å². The number of para-hydroxylation sites is 3. The largest absolute Gasteiger partial charge is 0.350 e. The minimum atomic E-state index is 0.663. The quantitative estimate of drug-likeness (QED) is 0.385. The standard InChI is InChI=1S/C27H25N7/c1-18-11-13-20(14-12-18)17-28-27-30-22-8-4-3-7-21(22)26-31-25(32-34(26)27)15-16-33-19(2)29-23-9-5-6-10-24(23)33/h3-14H,15-17H2,1-2H3,(H,28,30). The first-order valence-electron chi connectivity index (χ1n) is 11.5. The Balaban J connectivity index is 1.34. The number of benzene rings is 3. The third kappa shape index (κ3) is 3.65. The summed E-state index contributed by atoms with van der Waals surface area (Å²) in [5.74, 6) is 2.48. The fourth-order valence-electron chi connectivity index (χ4n) is 4.40. The summed E-state index contributed by atoms with van der Waals surface area (Å²) < 4.78 is 4.07. The highest BCUT2D eigenvalue weighted by atomic mass is 15.4. The molecule has 168 valence electrons. The van der Waals surface area contributed by atoms with Crippen molar-refractivity contribution >= 4 is 33.5 Å². The molecule has 34 heavy (non-hydrogen) atoms. The highest BCUT2D eigenvalue weighted by Gasteiger charge is 2.14. The van der Waals surface area contributed by atoms with Crippen LogP contribution in [-0.2, 0) is 19.5 Å². The number of anilines is 1. The number of nitrogens with one attached hydrogen (secondary N) is 1. The molecule has 0 aliphatic carbocycles. The van der Waals surface area contributed by atoms with Gasteiger partial charge in [0.15, 0.2) is 11.5 Å². The van der Waals surface area contributed by atoms with Crippen molar-refractivity contribution in [1.29, 1.82) is 0 Å². The summed E-state index contributed by atoms with van der Waals surface area (Å²) in [6.45, 7) is 5.56. The molecular formula is C27H25N7. The average molecular weight is 448 g/mol. The second-order valence-electron chi connectivity index (χ2n) is 8.60. The Bertz CT molecular complexity index is 1630. The van der Waals surface area contributed by atoms with Gasteiger partial charge in [0.05, 0.1) is 16.6 Å². The normalized spacial score (nSPS) is 11.6. The van der Waals surface area contributed by atoms with Crippen LogP contribution in [0, 0.1) is 13.8 Å². The molecule has 1 N–H and O–H groups in total. The van der Waals surface area contributed by atoms with Gasteiger partial charge in [0.1, 0.15) is 5.82 Å². The zero-order valence-corrected chi connectivity index (χ0v) is 19.2. The van der Waals surface area contributed by atoms with Crippen molar-refractivity contribution in [2.75, 3.05) is 5.32 Å². The van der Waals surface area contributed by atoms with Crippen LogP contribution >= 0.6 is 0 Å². The molecule has 0 spiro atoms. The Hall–Kier alpha value is -4.26. The summed E-state index contributed by atoms with van der Waals surface area (Å²) in [6.07, 6.45) is 0.703. The van der Waals surface area contributed by atoms with Gasteiger partial charge in [-0.05, 0) is 43.7 Å². The number of hydrogen-bond acceptors (Lipinski definition) is 5. The van der Waals surface area contributed by atoms with Crippen molar-refractivity contribution in [2.45, 2.75) is 33.4 Å².